The number of hydrogen-bond acceptors (Lipinski definition) is 7. The Morgan fingerprint density at radius 3 is 1.08 bits per heavy atom. The molecule has 0 amide bonds. The van der Waals surface area contributed by atoms with Crippen LogP contribution in [-0.4, -0.2) is 43.3 Å². The molecule has 8 nitrogen and oxygen atoms in total. The van der Waals surface area contributed by atoms with Gasteiger partial charge in [-0.25, -0.2) is 4.57 Å². The molecule has 0 aromatic carbocycles. The molecule has 2 unspecified atom stereocenters. The molecule has 0 heterocycles. The van der Waals surface area contributed by atoms with E-state index < -0.39 is 26.5 Å². The first kappa shape index (κ1) is 50.1. The van der Waals surface area contributed by atoms with Gasteiger partial charge in [-0.05, 0) is 12.8 Å². The molecule has 0 bridgehead atoms. The number of rotatable bonds is 41. The number of phosphoric acid groups is 1. The van der Waals surface area contributed by atoms with Crippen molar-refractivity contribution in [3.63, 3.8) is 0 Å². The van der Waals surface area contributed by atoms with Crippen molar-refractivity contribution in [1.82, 2.24) is 0 Å². The van der Waals surface area contributed by atoms with Crippen molar-refractivity contribution < 1.29 is 37.6 Å². The molecule has 0 fully saturated rings. The molecule has 0 saturated carbocycles. The van der Waals surface area contributed by atoms with Gasteiger partial charge in [-0.3, -0.25) is 18.6 Å². The molecule has 9 heteroatoms. The molecule has 0 aliphatic rings. The van der Waals surface area contributed by atoms with E-state index in [4.69, 9.17) is 14.0 Å². The van der Waals surface area contributed by atoms with Gasteiger partial charge in [-0.2, -0.15) is 0 Å². The second-order valence-corrected chi connectivity index (χ2v) is 16.4. The Morgan fingerprint density at radius 1 is 0.471 bits per heavy atom. The van der Waals surface area contributed by atoms with Gasteiger partial charge in [-0.1, -0.05) is 206 Å². The first-order chi connectivity index (χ1) is 24.8. The van der Waals surface area contributed by atoms with E-state index in [1.165, 1.54) is 167 Å². The normalized spacial score (nSPS) is 13.3. The van der Waals surface area contributed by atoms with E-state index >= 15 is 0 Å². The third kappa shape index (κ3) is 38.6. The van der Waals surface area contributed by atoms with E-state index in [-0.39, 0.29) is 19.0 Å². The van der Waals surface area contributed by atoms with Crippen LogP contribution in [0.5, 0.6) is 0 Å². The maximum atomic E-state index is 12.5. The van der Waals surface area contributed by atoms with Crippen LogP contribution in [0.1, 0.15) is 232 Å². The molecule has 0 radical (unpaired) electrons. The Bertz CT molecular complexity index is 808. The molecule has 0 aliphatic heterocycles. The lowest BCUT2D eigenvalue weighted by Gasteiger charge is -2.19. The molecule has 2 atom stereocenters. The number of phosphoric ester groups is 1. The second kappa shape index (κ2) is 38.8. The summed E-state index contributed by atoms with van der Waals surface area (Å²) >= 11 is 0. The van der Waals surface area contributed by atoms with E-state index in [1.54, 1.807) is 0 Å². The van der Waals surface area contributed by atoms with Gasteiger partial charge in [0.25, 0.3) is 0 Å². The maximum absolute atomic E-state index is 12.5. The van der Waals surface area contributed by atoms with Crippen LogP contribution >= 0.6 is 7.82 Å². The Kier molecular flexibility index (Phi) is 38.0. The minimum absolute atomic E-state index is 0.216. The van der Waals surface area contributed by atoms with Gasteiger partial charge in [0.1, 0.15) is 6.61 Å². The summed E-state index contributed by atoms with van der Waals surface area (Å²) in [5, 5.41) is 0. The molecule has 0 aliphatic carbocycles. The lowest BCUT2D eigenvalue weighted by molar-refractivity contribution is -0.161. The van der Waals surface area contributed by atoms with Crippen LogP contribution in [0.15, 0.2) is 0 Å². The van der Waals surface area contributed by atoms with Crippen molar-refractivity contribution >= 4 is 19.8 Å². The van der Waals surface area contributed by atoms with E-state index in [0.717, 1.165) is 45.6 Å². The van der Waals surface area contributed by atoms with Crippen LogP contribution < -0.4 is 0 Å². The van der Waals surface area contributed by atoms with E-state index in [0.29, 0.717) is 6.42 Å². The average molecular weight is 747 g/mol. The van der Waals surface area contributed by atoms with Crippen LogP contribution in [0, 0.1) is 0 Å². The summed E-state index contributed by atoms with van der Waals surface area (Å²) in [6.45, 7) is 3.92. The monoisotopic (exact) mass is 747 g/mol. The molecule has 0 rings (SSSR count). The van der Waals surface area contributed by atoms with Crippen LogP contribution in [0.2, 0.25) is 0 Å². The minimum atomic E-state index is -4.25. The lowest BCUT2D eigenvalue weighted by atomic mass is 10.0. The van der Waals surface area contributed by atoms with E-state index in [9.17, 15) is 19.0 Å². The van der Waals surface area contributed by atoms with Crippen LogP contribution in [0.3, 0.4) is 0 Å². The number of carbonyl (C=O) groups is 2. The zero-order valence-electron chi connectivity index (χ0n) is 33.8. The molecule has 0 aromatic heterocycles. The fourth-order valence-electron chi connectivity index (χ4n) is 6.48. The maximum Gasteiger partial charge on any atom is 0.472 e. The zero-order chi connectivity index (χ0) is 37.5. The van der Waals surface area contributed by atoms with Crippen LogP contribution in [0.4, 0.5) is 0 Å². The van der Waals surface area contributed by atoms with Crippen molar-refractivity contribution in [3.8, 4) is 0 Å². The minimum Gasteiger partial charge on any atom is -0.462 e. The molecule has 51 heavy (non-hydrogen) atoms. The largest absolute Gasteiger partial charge is 0.472 e. The quantitative estimate of drug-likeness (QED) is 0.0374. The second-order valence-electron chi connectivity index (χ2n) is 14.8. The predicted octanol–water partition coefficient (Wildman–Crippen LogP) is 13.5. The number of ether oxygens (including phenoxy) is 2. The fraction of sp³-hybridized carbons (Fsp3) is 0.952. The number of hydrogen-bond donors (Lipinski definition) is 1. The standard InChI is InChI=1S/C42H83O8P/c1-4-6-8-10-12-14-16-18-20-21-22-23-25-27-29-31-33-35-37-42(44)50-40(39-49-51(45,46)47-3)38-48-41(43)36-34-32-30-28-26-24-19-17-15-13-11-9-7-5-2/h40H,4-39H2,1-3H3,(H,45,46). The van der Waals surface area contributed by atoms with E-state index in [1.807, 2.05) is 0 Å². The van der Waals surface area contributed by atoms with Crippen molar-refractivity contribution in [1.29, 1.82) is 0 Å². The van der Waals surface area contributed by atoms with Gasteiger partial charge in [0.15, 0.2) is 6.10 Å². The Hall–Kier alpha value is -0.950. The number of unbranched alkanes of at least 4 members (excludes halogenated alkanes) is 30. The van der Waals surface area contributed by atoms with Crippen LogP contribution in [-0.2, 0) is 32.7 Å². The highest BCUT2D eigenvalue weighted by molar-refractivity contribution is 7.47. The lowest BCUT2D eigenvalue weighted by Crippen LogP contribution is -2.29. The van der Waals surface area contributed by atoms with Gasteiger partial charge < -0.3 is 14.4 Å². The molecule has 0 spiro atoms. The highest BCUT2D eigenvalue weighted by Gasteiger charge is 2.24. The molecule has 1 N–H and O–H groups in total. The summed E-state index contributed by atoms with van der Waals surface area (Å²) in [7, 11) is -3.19. The van der Waals surface area contributed by atoms with Gasteiger partial charge in [0.05, 0.1) is 6.61 Å². The van der Waals surface area contributed by atoms with Crippen molar-refractivity contribution in [3.05, 3.63) is 0 Å². The Balaban J connectivity index is 3.93. The van der Waals surface area contributed by atoms with Crippen LogP contribution in [0.25, 0.3) is 0 Å². The molecule has 0 saturated heterocycles. The highest BCUT2D eigenvalue weighted by Crippen LogP contribution is 2.42. The summed E-state index contributed by atoms with van der Waals surface area (Å²) in [5.41, 5.74) is 0. The van der Waals surface area contributed by atoms with Crippen molar-refractivity contribution in [2.75, 3.05) is 20.3 Å². The topological polar surface area (TPSA) is 108 Å². The third-order valence-corrected chi connectivity index (χ3v) is 10.8. The molecular weight excluding hydrogens is 663 g/mol. The fourth-order valence-corrected chi connectivity index (χ4v) is 6.94. The third-order valence-electron chi connectivity index (χ3n) is 9.85. The SMILES string of the molecule is CCCCCCCCCCCCCCCCCCCCC(=O)OC(COC(=O)CCCCCCCCCCCCCCCC)COP(=O)(O)OC. The number of esters is 2. The highest BCUT2D eigenvalue weighted by atomic mass is 31.2. The Morgan fingerprint density at radius 2 is 0.765 bits per heavy atom. The van der Waals surface area contributed by atoms with Gasteiger partial charge in [0.2, 0.25) is 0 Å². The first-order valence-electron chi connectivity index (χ1n) is 21.7. The van der Waals surface area contributed by atoms with E-state index in [2.05, 4.69) is 18.4 Å². The summed E-state index contributed by atoms with van der Waals surface area (Å²) in [5.74, 6) is -0.786. The summed E-state index contributed by atoms with van der Waals surface area (Å²) in [6.07, 6.45) is 40.1. The smallest absolute Gasteiger partial charge is 0.462 e. The Labute approximate surface area is 315 Å². The zero-order valence-corrected chi connectivity index (χ0v) is 34.7. The summed E-state index contributed by atoms with van der Waals surface area (Å²) in [4.78, 5) is 34.4. The predicted molar refractivity (Wildman–Crippen MR) is 212 cm³/mol. The van der Waals surface area contributed by atoms with Crippen molar-refractivity contribution in [2.45, 2.75) is 238 Å². The first-order valence-corrected chi connectivity index (χ1v) is 23.2. The van der Waals surface area contributed by atoms with Gasteiger partial charge in [-0.15, -0.1) is 0 Å². The molecular formula is C42H83O8P. The number of carbonyl (C=O) groups excluding carboxylic acids is 2. The molecule has 304 valence electrons. The average Bonchev–Trinajstić information content (AvgIpc) is 3.12. The summed E-state index contributed by atoms with van der Waals surface area (Å²) in [6, 6.07) is 0. The van der Waals surface area contributed by atoms with Gasteiger partial charge >= 0.3 is 19.8 Å². The molecule has 0 aromatic rings. The van der Waals surface area contributed by atoms with Crippen molar-refractivity contribution in [2.24, 2.45) is 0 Å². The summed E-state index contributed by atoms with van der Waals surface area (Å²) < 4.78 is 32.0. The van der Waals surface area contributed by atoms with Gasteiger partial charge in [0, 0.05) is 20.0 Å².